The number of hydrogen-bond donors (Lipinski definition) is 2. The Labute approximate surface area is 192 Å². The summed E-state index contributed by atoms with van der Waals surface area (Å²) in [4.78, 5) is 25.8. The second kappa shape index (κ2) is 9.89. The number of rotatable bonds is 8. The van der Waals surface area contributed by atoms with E-state index in [1.165, 1.54) is 10.6 Å². The number of carbonyl (C=O) groups is 1. The van der Waals surface area contributed by atoms with Gasteiger partial charge in [0.05, 0.1) is 11.7 Å². The van der Waals surface area contributed by atoms with E-state index in [9.17, 15) is 9.59 Å². The third-order valence-electron chi connectivity index (χ3n) is 5.56. The maximum absolute atomic E-state index is 15.2. The van der Waals surface area contributed by atoms with E-state index in [4.69, 9.17) is 10.5 Å². The van der Waals surface area contributed by atoms with Crippen LogP contribution in [0.3, 0.4) is 0 Å². The number of aryl methyl sites for hydroxylation is 1. The fourth-order valence-electron chi connectivity index (χ4n) is 3.58. The molecule has 33 heavy (non-hydrogen) atoms. The number of amides is 1. The minimum atomic E-state index is -0.761. The lowest BCUT2D eigenvalue weighted by molar-refractivity contribution is 0.101. The van der Waals surface area contributed by atoms with Crippen LogP contribution in [-0.2, 0) is 13.5 Å². The summed E-state index contributed by atoms with van der Waals surface area (Å²) >= 11 is 0. The van der Waals surface area contributed by atoms with E-state index in [-0.39, 0.29) is 23.1 Å². The number of carbonyl (C=O) groups excluding carboxylic acids is 1. The molecule has 0 fully saturated rings. The maximum Gasteiger partial charge on any atom is 0.350 e. The molecule has 1 aromatic heterocycles. The van der Waals surface area contributed by atoms with Gasteiger partial charge in [0.25, 0.3) is 5.91 Å². The van der Waals surface area contributed by atoms with Gasteiger partial charge in [-0.05, 0) is 44.0 Å². The second-order valence-corrected chi connectivity index (χ2v) is 8.01. The Morgan fingerprint density at radius 2 is 2.03 bits per heavy atom. The summed E-state index contributed by atoms with van der Waals surface area (Å²) in [6.07, 6.45) is 1.91. The van der Waals surface area contributed by atoms with E-state index >= 15 is 4.39 Å². The third-order valence-corrected chi connectivity index (χ3v) is 5.56. The Hall–Kier alpha value is -3.62. The summed E-state index contributed by atoms with van der Waals surface area (Å²) in [7, 11) is 1.58. The number of nitrogens with zero attached hydrogens (tertiary/aromatic N) is 3. The number of benzene rings is 2. The van der Waals surface area contributed by atoms with Gasteiger partial charge in [0, 0.05) is 30.9 Å². The lowest BCUT2D eigenvalue weighted by Gasteiger charge is -2.19. The lowest BCUT2D eigenvalue weighted by Crippen LogP contribution is -2.24. The molecule has 0 spiro atoms. The summed E-state index contributed by atoms with van der Waals surface area (Å²) in [6.45, 7) is 7.54. The fraction of sp³-hybridized carbons (Fsp3) is 0.375. The molecule has 2 aromatic carbocycles. The molecule has 0 aliphatic carbocycles. The molecular formula is C24H30FN5O3. The second-order valence-electron chi connectivity index (χ2n) is 8.01. The average Bonchev–Trinajstić information content (AvgIpc) is 3.06. The zero-order valence-corrected chi connectivity index (χ0v) is 19.6. The molecule has 3 rings (SSSR count). The van der Waals surface area contributed by atoms with Crippen LogP contribution in [0.15, 0.2) is 35.1 Å². The highest BCUT2D eigenvalue weighted by Gasteiger charge is 2.22. The Bertz CT molecular complexity index is 1230. The van der Waals surface area contributed by atoms with Gasteiger partial charge in [0.1, 0.15) is 23.1 Å². The van der Waals surface area contributed by atoms with Crippen molar-refractivity contribution >= 4 is 17.3 Å². The van der Waals surface area contributed by atoms with Crippen LogP contribution in [0.25, 0.3) is 5.69 Å². The molecule has 0 aliphatic heterocycles. The predicted molar refractivity (Wildman–Crippen MR) is 127 cm³/mol. The van der Waals surface area contributed by atoms with Crippen molar-refractivity contribution in [1.82, 2.24) is 14.3 Å². The topological polar surface area (TPSA) is 104 Å². The van der Waals surface area contributed by atoms with E-state index in [1.54, 1.807) is 32.2 Å². The molecule has 0 saturated heterocycles. The molecule has 0 bridgehead atoms. The van der Waals surface area contributed by atoms with Crippen molar-refractivity contribution in [2.24, 2.45) is 7.05 Å². The molecule has 3 N–H and O–H groups in total. The number of nitrogens with one attached hydrogen (secondary N) is 1. The van der Waals surface area contributed by atoms with Gasteiger partial charge < -0.3 is 15.8 Å². The minimum absolute atomic E-state index is 0.0146. The number of nitrogen functional groups attached to an aromatic ring is 1. The van der Waals surface area contributed by atoms with E-state index in [1.807, 2.05) is 20.8 Å². The smallest absolute Gasteiger partial charge is 0.350 e. The van der Waals surface area contributed by atoms with Gasteiger partial charge in [0.15, 0.2) is 0 Å². The first-order valence-corrected chi connectivity index (χ1v) is 11.0. The van der Waals surface area contributed by atoms with Crippen LogP contribution in [-0.4, -0.2) is 26.4 Å². The first-order valence-electron chi connectivity index (χ1n) is 11.0. The molecule has 1 atom stereocenters. The SMILES string of the molecule is CCCC(C)Oc1cc(-n2nc(CC)n(C)c2=O)c(F)cc1C(=O)Nc1cccc(N)c1C. The number of hydrogen-bond acceptors (Lipinski definition) is 5. The van der Waals surface area contributed by atoms with Crippen LogP contribution in [0.2, 0.25) is 0 Å². The highest BCUT2D eigenvalue weighted by molar-refractivity contribution is 6.07. The molecule has 0 radical (unpaired) electrons. The Balaban J connectivity index is 2.09. The zero-order valence-electron chi connectivity index (χ0n) is 19.6. The normalized spacial score (nSPS) is 11.9. The Morgan fingerprint density at radius 1 is 1.30 bits per heavy atom. The molecule has 1 unspecified atom stereocenters. The Morgan fingerprint density at radius 3 is 2.67 bits per heavy atom. The van der Waals surface area contributed by atoms with Crippen molar-refractivity contribution in [3.63, 3.8) is 0 Å². The van der Waals surface area contributed by atoms with Crippen molar-refractivity contribution in [3.8, 4) is 11.4 Å². The molecule has 8 nitrogen and oxygen atoms in total. The maximum atomic E-state index is 15.2. The molecule has 1 amide bonds. The van der Waals surface area contributed by atoms with Crippen LogP contribution >= 0.6 is 0 Å². The first kappa shape index (κ1) is 24.0. The standard InChI is InChI=1S/C24H30FN5O3/c1-6-9-14(3)33-21-13-20(30-24(32)29(5)22(7-2)28-30)17(25)12-16(21)23(31)27-19-11-8-10-18(26)15(19)4/h8,10-14H,6-7,9,26H2,1-5H3,(H,27,31). The summed E-state index contributed by atoms with van der Waals surface area (Å²) in [5.74, 6) is -0.625. The molecule has 1 heterocycles. The van der Waals surface area contributed by atoms with Crippen molar-refractivity contribution in [3.05, 3.63) is 63.6 Å². The van der Waals surface area contributed by atoms with Crippen molar-refractivity contribution < 1.29 is 13.9 Å². The van der Waals surface area contributed by atoms with Crippen molar-refractivity contribution in [2.75, 3.05) is 11.1 Å². The van der Waals surface area contributed by atoms with Crippen molar-refractivity contribution in [2.45, 2.75) is 53.1 Å². The first-order chi connectivity index (χ1) is 15.7. The molecule has 0 aliphatic rings. The highest BCUT2D eigenvalue weighted by Crippen LogP contribution is 2.29. The van der Waals surface area contributed by atoms with Crippen LogP contribution < -0.4 is 21.5 Å². The van der Waals surface area contributed by atoms with Gasteiger partial charge in [0.2, 0.25) is 0 Å². The summed E-state index contributed by atoms with van der Waals surface area (Å²) in [6, 6.07) is 7.61. The molecule has 9 heteroatoms. The van der Waals surface area contributed by atoms with Gasteiger partial charge in [-0.3, -0.25) is 9.36 Å². The van der Waals surface area contributed by atoms with Crippen LogP contribution in [0.5, 0.6) is 5.75 Å². The number of anilines is 2. The third kappa shape index (κ3) is 4.92. The number of halogens is 1. The molecule has 176 valence electrons. The monoisotopic (exact) mass is 455 g/mol. The molecule has 0 saturated carbocycles. The van der Waals surface area contributed by atoms with Gasteiger partial charge in [-0.1, -0.05) is 26.3 Å². The van der Waals surface area contributed by atoms with Gasteiger partial charge in [-0.15, -0.1) is 5.10 Å². The minimum Gasteiger partial charge on any atom is -0.490 e. The summed E-state index contributed by atoms with van der Waals surface area (Å²) in [5, 5.41) is 7.02. The van der Waals surface area contributed by atoms with E-state index in [0.29, 0.717) is 29.2 Å². The van der Waals surface area contributed by atoms with Crippen LogP contribution in [0.1, 0.15) is 55.4 Å². The summed E-state index contributed by atoms with van der Waals surface area (Å²) < 4.78 is 23.6. The quantitative estimate of drug-likeness (QED) is 0.500. The largest absolute Gasteiger partial charge is 0.490 e. The predicted octanol–water partition coefficient (Wildman–Crippen LogP) is 3.98. The Kier molecular flexibility index (Phi) is 7.20. The van der Waals surface area contributed by atoms with Gasteiger partial charge >= 0.3 is 5.69 Å². The van der Waals surface area contributed by atoms with E-state index < -0.39 is 17.4 Å². The molecule has 3 aromatic rings. The number of ether oxygens (including phenoxy) is 1. The summed E-state index contributed by atoms with van der Waals surface area (Å²) in [5.41, 5.74) is 7.15. The van der Waals surface area contributed by atoms with E-state index in [0.717, 1.165) is 23.6 Å². The zero-order chi connectivity index (χ0) is 24.3. The fourth-order valence-corrected chi connectivity index (χ4v) is 3.58. The number of nitrogens with two attached hydrogens (primary N) is 1. The molecular weight excluding hydrogens is 425 g/mol. The van der Waals surface area contributed by atoms with Crippen LogP contribution in [0.4, 0.5) is 15.8 Å². The van der Waals surface area contributed by atoms with Gasteiger partial charge in [-0.2, -0.15) is 4.68 Å². The highest BCUT2D eigenvalue weighted by atomic mass is 19.1. The lowest BCUT2D eigenvalue weighted by atomic mass is 10.1. The van der Waals surface area contributed by atoms with E-state index in [2.05, 4.69) is 10.4 Å². The van der Waals surface area contributed by atoms with Crippen LogP contribution in [0, 0.1) is 12.7 Å². The van der Waals surface area contributed by atoms with Gasteiger partial charge in [-0.25, -0.2) is 9.18 Å². The van der Waals surface area contributed by atoms with Crippen molar-refractivity contribution in [1.29, 1.82) is 0 Å². The average molecular weight is 456 g/mol. The number of aromatic nitrogens is 3.